The number of rotatable bonds is 2. The minimum Gasteiger partial charge on any atom is -0.379 e. The zero-order valence-corrected chi connectivity index (χ0v) is 8.63. The molecule has 0 unspecified atom stereocenters. The van der Waals surface area contributed by atoms with Crippen molar-refractivity contribution < 1.29 is 9.53 Å². The van der Waals surface area contributed by atoms with E-state index < -0.39 is 0 Å². The molecule has 1 rings (SSSR count). The fourth-order valence-corrected chi connectivity index (χ4v) is 1.25. The molecule has 4 nitrogen and oxygen atoms in total. The molecule has 1 aliphatic heterocycles. The first-order chi connectivity index (χ1) is 5.95. The van der Waals surface area contributed by atoms with Crippen LogP contribution >= 0.6 is 0 Å². The van der Waals surface area contributed by atoms with Gasteiger partial charge in [0.25, 0.3) is 0 Å². The zero-order valence-electron chi connectivity index (χ0n) is 8.63. The molecular formula is C9H16N2O2. The predicted octanol–water partition coefficient (Wildman–Crippen LogP) is 1.02. The molecule has 0 saturated carbocycles. The van der Waals surface area contributed by atoms with Crippen LogP contribution in [0.2, 0.25) is 0 Å². The van der Waals surface area contributed by atoms with Crippen LogP contribution in [0.4, 0.5) is 0 Å². The van der Waals surface area contributed by atoms with Crippen LogP contribution in [0.5, 0.6) is 0 Å². The van der Waals surface area contributed by atoms with E-state index in [2.05, 4.69) is 5.10 Å². The van der Waals surface area contributed by atoms with Crippen molar-refractivity contribution in [3.63, 3.8) is 0 Å². The van der Waals surface area contributed by atoms with Crippen molar-refractivity contribution in [2.45, 2.75) is 32.7 Å². The monoisotopic (exact) mass is 184 g/mol. The van der Waals surface area contributed by atoms with Gasteiger partial charge in [-0.05, 0) is 20.8 Å². The third-order valence-electron chi connectivity index (χ3n) is 1.78. The molecule has 0 aromatic heterocycles. The first-order valence-electron chi connectivity index (χ1n) is 4.33. The van der Waals surface area contributed by atoms with Crippen molar-refractivity contribution in [2.75, 3.05) is 13.7 Å². The lowest BCUT2D eigenvalue weighted by Crippen LogP contribution is -2.38. The van der Waals surface area contributed by atoms with Crippen LogP contribution < -0.4 is 0 Å². The smallest absolute Gasteiger partial charge is 0.248 e. The fourth-order valence-electron chi connectivity index (χ4n) is 1.25. The number of hydrogen-bond donors (Lipinski definition) is 0. The predicted molar refractivity (Wildman–Crippen MR) is 50.5 cm³/mol. The van der Waals surface area contributed by atoms with Gasteiger partial charge in [-0.2, -0.15) is 5.10 Å². The van der Waals surface area contributed by atoms with Gasteiger partial charge < -0.3 is 4.74 Å². The highest BCUT2D eigenvalue weighted by molar-refractivity contribution is 6.05. The third-order valence-corrected chi connectivity index (χ3v) is 1.78. The summed E-state index contributed by atoms with van der Waals surface area (Å²) in [4.78, 5) is 11.5. The number of carbonyl (C=O) groups is 1. The van der Waals surface area contributed by atoms with Crippen LogP contribution in [0.25, 0.3) is 0 Å². The van der Waals surface area contributed by atoms with Crippen LogP contribution in [0, 0.1) is 0 Å². The molecule has 0 atom stereocenters. The number of nitrogens with zero attached hydrogens (tertiary/aromatic N) is 2. The summed E-state index contributed by atoms with van der Waals surface area (Å²) in [6, 6.07) is 0. The molecule has 1 heterocycles. The molecule has 0 aliphatic carbocycles. The number of hydrazone groups is 1. The van der Waals surface area contributed by atoms with E-state index in [0.717, 1.165) is 5.71 Å². The number of hydrogen-bond acceptors (Lipinski definition) is 3. The highest BCUT2D eigenvalue weighted by atomic mass is 16.5. The second kappa shape index (κ2) is 3.46. The van der Waals surface area contributed by atoms with Gasteiger partial charge in [-0.3, -0.25) is 4.79 Å². The molecule has 0 N–H and O–H groups in total. The zero-order chi connectivity index (χ0) is 10.1. The largest absolute Gasteiger partial charge is 0.379 e. The number of amides is 1. The van der Waals surface area contributed by atoms with Gasteiger partial charge in [0.15, 0.2) is 0 Å². The molecule has 1 aliphatic rings. The maximum absolute atomic E-state index is 11.5. The van der Waals surface area contributed by atoms with E-state index >= 15 is 0 Å². The highest BCUT2D eigenvalue weighted by Crippen LogP contribution is 2.20. The Morgan fingerprint density at radius 2 is 2.15 bits per heavy atom. The molecule has 13 heavy (non-hydrogen) atoms. The summed E-state index contributed by atoms with van der Waals surface area (Å²) < 4.78 is 4.93. The number of ether oxygens (including phenoxy) is 1. The average molecular weight is 184 g/mol. The summed E-state index contributed by atoms with van der Waals surface area (Å²) >= 11 is 0. The van der Waals surface area contributed by atoms with Gasteiger partial charge in [-0.1, -0.05) is 0 Å². The summed E-state index contributed by atoms with van der Waals surface area (Å²) in [6.45, 7) is 6.33. The van der Waals surface area contributed by atoms with Crippen molar-refractivity contribution in [3.05, 3.63) is 0 Å². The van der Waals surface area contributed by atoms with Crippen molar-refractivity contribution in [1.29, 1.82) is 0 Å². The second-order valence-electron chi connectivity index (χ2n) is 4.15. The van der Waals surface area contributed by atoms with Crippen LogP contribution in [0.15, 0.2) is 5.10 Å². The minimum atomic E-state index is -0.230. The lowest BCUT2D eigenvalue weighted by molar-refractivity contribution is -0.133. The van der Waals surface area contributed by atoms with E-state index in [0.29, 0.717) is 13.0 Å². The second-order valence-corrected chi connectivity index (χ2v) is 4.15. The van der Waals surface area contributed by atoms with Gasteiger partial charge in [-0.15, -0.1) is 0 Å². The summed E-state index contributed by atoms with van der Waals surface area (Å²) in [6.07, 6.45) is 0.394. The fraction of sp³-hybridized carbons (Fsp3) is 0.778. The summed E-state index contributed by atoms with van der Waals surface area (Å²) in [5, 5.41) is 5.73. The Morgan fingerprint density at radius 1 is 1.54 bits per heavy atom. The van der Waals surface area contributed by atoms with E-state index in [1.165, 1.54) is 5.01 Å². The Balaban J connectivity index is 2.72. The summed E-state index contributed by atoms with van der Waals surface area (Å²) in [5.74, 6) is 0.0551. The van der Waals surface area contributed by atoms with Gasteiger partial charge in [0.2, 0.25) is 5.91 Å². The van der Waals surface area contributed by atoms with E-state index in [-0.39, 0.29) is 11.4 Å². The molecule has 0 aromatic rings. The van der Waals surface area contributed by atoms with E-state index in [1.807, 2.05) is 20.8 Å². The van der Waals surface area contributed by atoms with E-state index in [4.69, 9.17) is 4.74 Å². The molecule has 0 saturated heterocycles. The normalized spacial score (nSPS) is 18.0. The highest BCUT2D eigenvalue weighted by Gasteiger charge is 2.32. The van der Waals surface area contributed by atoms with Crippen molar-refractivity contribution in [1.82, 2.24) is 5.01 Å². The van der Waals surface area contributed by atoms with Gasteiger partial charge in [0.05, 0.1) is 24.3 Å². The van der Waals surface area contributed by atoms with Crippen LogP contribution in [0.1, 0.15) is 27.2 Å². The minimum absolute atomic E-state index is 0.0551. The maximum atomic E-state index is 11.5. The molecule has 74 valence electrons. The maximum Gasteiger partial charge on any atom is 0.248 e. The molecule has 1 amide bonds. The van der Waals surface area contributed by atoms with Gasteiger partial charge in [0.1, 0.15) is 0 Å². The molecular weight excluding hydrogens is 168 g/mol. The summed E-state index contributed by atoms with van der Waals surface area (Å²) in [5.41, 5.74) is 0.578. The summed E-state index contributed by atoms with van der Waals surface area (Å²) in [7, 11) is 1.60. The average Bonchev–Trinajstić information content (AvgIpc) is 2.30. The molecule has 0 fully saturated rings. The third kappa shape index (κ3) is 2.28. The van der Waals surface area contributed by atoms with Gasteiger partial charge in [-0.25, -0.2) is 5.01 Å². The van der Waals surface area contributed by atoms with Gasteiger partial charge in [0, 0.05) is 7.11 Å². The Hall–Kier alpha value is -0.900. The van der Waals surface area contributed by atoms with E-state index in [9.17, 15) is 4.79 Å². The van der Waals surface area contributed by atoms with Crippen molar-refractivity contribution in [3.8, 4) is 0 Å². The lowest BCUT2D eigenvalue weighted by atomic mass is 10.1. The Bertz CT molecular complexity index is 240. The van der Waals surface area contributed by atoms with Crippen LogP contribution in [-0.2, 0) is 9.53 Å². The first-order valence-corrected chi connectivity index (χ1v) is 4.33. The Kier molecular flexibility index (Phi) is 2.71. The van der Waals surface area contributed by atoms with E-state index in [1.54, 1.807) is 7.11 Å². The standard InChI is InChI=1S/C9H16N2O2/c1-9(2,3)11-8(12)5-7(10-11)6-13-4/h5-6H2,1-4H3. The molecule has 0 aromatic carbocycles. The van der Waals surface area contributed by atoms with Crippen LogP contribution in [-0.4, -0.2) is 35.9 Å². The first kappa shape index (κ1) is 10.2. The van der Waals surface area contributed by atoms with Crippen molar-refractivity contribution >= 4 is 11.6 Å². The molecule has 0 spiro atoms. The molecule has 0 bridgehead atoms. The van der Waals surface area contributed by atoms with Crippen LogP contribution in [0.3, 0.4) is 0 Å². The quantitative estimate of drug-likeness (QED) is 0.643. The molecule has 4 heteroatoms. The number of methoxy groups -OCH3 is 1. The SMILES string of the molecule is COCC1=NN(C(C)(C)C)C(=O)C1. The lowest BCUT2D eigenvalue weighted by Gasteiger charge is -2.27. The van der Waals surface area contributed by atoms with Gasteiger partial charge >= 0.3 is 0 Å². The van der Waals surface area contributed by atoms with Crippen molar-refractivity contribution in [2.24, 2.45) is 5.10 Å². The topological polar surface area (TPSA) is 41.9 Å². The number of carbonyl (C=O) groups excluding carboxylic acids is 1. The molecule has 0 radical (unpaired) electrons. The Labute approximate surface area is 78.6 Å². The Morgan fingerprint density at radius 3 is 2.54 bits per heavy atom.